The van der Waals surface area contributed by atoms with Gasteiger partial charge in [-0.3, -0.25) is 4.79 Å². The molecular weight excluding hydrogens is 272 g/mol. The highest BCUT2D eigenvalue weighted by Gasteiger charge is 2.36. The average Bonchev–Trinajstić information content (AvgIpc) is 2.79. The molecule has 112 valence electrons. The van der Waals surface area contributed by atoms with Crippen LogP contribution in [0.15, 0.2) is 12.3 Å². The van der Waals surface area contributed by atoms with Crippen LogP contribution in [0.3, 0.4) is 0 Å². The molecule has 0 aliphatic carbocycles. The minimum absolute atomic E-state index is 0.336. The first-order valence-electron chi connectivity index (χ1n) is 6.49. The van der Waals surface area contributed by atoms with Crippen LogP contribution in [0.1, 0.15) is 35.6 Å². The van der Waals surface area contributed by atoms with Gasteiger partial charge in [0.1, 0.15) is 5.54 Å². The number of carboxylic acid groups (broad SMARTS) is 1. The first kappa shape index (κ1) is 15.0. The molecule has 21 heavy (non-hydrogen) atoms. The average molecular weight is 290 g/mol. The lowest BCUT2D eigenvalue weighted by Gasteiger charge is -2.31. The second-order valence-electron chi connectivity index (χ2n) is 5.54. The fourth-order valence-electron chi connectivity index (χ4n) is 1.95. The van der Waals surface area contributed by atoms with Crippen molar-refractivity contribution < 1.29 is 14.7 Å². The Kier molecular flexibility index (Phi) is 3.44. The molecule has 2 aromatic heterocycles. The van der Waals surface area contributed by atoms with E-state index in [-0.39, 0.29) is 0 Å². The summed E-state index contributed by atoms with van der Waals surface area (Å²) < 4.78 is 1.59. The van der Waals surface area contributed by atoms with Crippen molar-refractivity contribution >= 4 is 17.5 Å². The Bertz CT molecular complexity index is 733. The van der Waals surface area contributed by atoms with Crippen LogP contribution in [0, 0.1) is 13.8 Å². The summed E-state index contributed by atoms with van der Waals surface area (Å²) in [6.45, 7) is 6.56. The molecule has 0 aromatic carbocycles. The zero-order chi connectivity index (χ0) is 15.9. The number of aromatic nitrogens is 3. The van der Waals surface area contributed by atoms with E-state index in [1.165, 1.54) is 32.0 Å². The molecule has 1 N–H and O–H groups in total. The highest BCUT2D eigenvalue weighted by molar-refractivity contribution is 5.98. The molecule has 2 aromatic rings. The third-order valence-electron chi connectivity index (χ3n) is 3.74. The van der Waals surface area contributed by atoms with E-state index in [1.807, 2.05) is 13.0 Å². The number of carbonyl (C=O) groups excluding carboxylic acids is 1. The fourth-order valence-corrected chi connectivity index (χ4v) is 1.95. The number of hydrogen-bond donors (Lipinski definition) is 1. The van der Waals surface area contributed by atoms with Crippen molar-refractivity contribution in [1.82, 2.24) is 19.5 Å². The van der Waals surface area contributed by atoms with Gasteiger partial charge in [-0.1, -0.05) is 0 Å². The van der Waals surface area contributed by atoms with E-state index in [9.17, 15) is 14.7 Å². The van der Waals surface area contributed by atoms with E-state index < -0.39 is 17.4 Å². The summed E-state index contributed by atoms with van der Waals surface area (Å²) in [6.07, 6.45) is 1.46. The van der Waals surface area contributed by atoms with E-state index >= 15 is 0 Å². The molecule has 0 unspecified atom stereocenters. The van der Waals surface area contributed by atoms with Crippen LogP contribution < -0.4 is 0 Å². The number of carboxylic acids is 1. The first-order chi connectivity index (χ1) is 9.66. The summed E-state index contributed by atoms with van der Waals surface area (Å²) in [5.41, 5.74) is 1.11. The van der Waals surface area contributed by atoms with Crippen molar-refractivity contribution in [2.24, 2.45) is 0 Å². The van der Waals surface area contributed by atoms with Crippen LogP contribution in [-0.4, -0.2) is 49.1 Å². The molecule has 7 nitrogen and oxygen atoms in total. The largest absolute Gasteiger partial charge is 0.480 e. The van der Waals surface area contributed by atoms with Crippen molar-refractivity contribution in [2.75, 3.05) is 7.05 Å². The number of amides is 1. The maximum Gasteiger partial charge on any atom is 0.329 e. The summed E-state index contributed by atoms with van der Waals surface area (Å²) in [5.74, 6) is -1.47. The molecule has 0 atom stereocenters. The number of rotatable bonds is 3. The van der Waals surface area contributed by atoms with Gasteiger partial charge >= 0.3 is 5.97 Å². The third-order valence-corrected chi connectivity index (χ3v) is 3.74. The quantitative estimate of drug-likeness (QED) is 0.920. The van der Waals surface area contributed by atoms with Crippen LogP contribution in [0.4, 0.5) is 0 Å². The van der Waals surface area contributed by atoms with Crippen LogP contribution in [0.2, 0.25) is 0 Å². The summed E-state index contributed by atoms with van der Waals surface area (Å²) >= 11 is 0. The second-order valence-corrected chi connectivity index (χ2v) is 5.54. The number of aryl methyl sites for hydroxylation is 2. The lowest BCUT2D eigenvalue weighted by Crippen LogP contribution is -2.51. The van der Waals surface area contributed by atoms with Gasteiger partial charge in [0.2, 0.25) is 0 Å². The van der Waals surface area contributed by atoms with Crippen molar-refractivity contribution in [3.63, 3.8) is 0 Å². The van der Waals surface area contributed by atoms with Gasteiger partial charge in [-0.25, -0.2) is 14.3 Å². The molecule has 0 fully saturated rings. The van der Waals surface area contributed by atoms with Crippen LogP contribution in [-0.2, 0) is 4.79 Å². The molecule has 2 rings (SSSR count). The number of fused-ring (bicyclic) bond motifs is 1. The smallest absolute Gasteiger partial charge is 0.329 e. The highest BCUT2D eigenvalue weighted by atomic mass is 16.4. The summed E-state index contributed by atoms with van der Waals surface area (Å²) in [6, 6.07) is 1.81. The van der Waals surface area contributed by atoms with E-state index in [0.717, 1.165) is 5.69 Å². The van der Waals surface area contributed by atoms with Gasteiger partial charge in [0, 0.05) is 19.3 Å². The van der Waals surface area contributed by atoms with E-state index in [4.69, 9.17) is 0 Å². The van der Waals surface area contributed by atoms with Crippen LogP contribution in [0.25, 0.3) is 5.65 Å². The predicted molar refractivity (Wildman–Crippen MR) is 76.3 cm³/mol. The minimum Gasteiger partial charge on any atom is -0.480 e. The molecule has 0 aliphatic rings. The Morgan fingerprint density at radius 3 is 2.52 bits per heavy atom. The van der Waals surface area contributed by atoms with Gasteiger partial charge in [-0.05, 0) is 27.7 Å². The molecule has 0 aliphatic heterocycles. The molecule has 1 amide bonds. The zero-order valence-electron chi connectivity index (χ0n) is 12.7. The standard InChI is InChI=1S/C14H18N4O3/c1-8-6-11-15-7-10(9(2)18(11)16-8)12(19)17(5)14(3,4)13(20)21/h6-7H,1-5H3,(H,20,21). The van der Waals surface area contributed by atoms with E-state index in [1.54, 1.807) is 11.4 Å². The molecule has 0 spiro atoms. The fraction of sp³-hybridized carbons (Fsp3) is 0.429. The van der Waals surface area contributed by atoms with Crippen molar-refractivity contribution in [3.8, 4) is 0 Å². The van der Waals surface area contributed by atoms with Crippen molar-refractivity contribution in [3.05, 3.63) is 29.2 Å². The third kappa shape index (κ3) is 2.35. The SMILES string of the molecule is Cc1cc2ncc(C(=O)N(C)C(C)(C)C(=O)O)c(C)n2n1. The normalized spacial score (nSPS) is 11.7. The molecule has 0 bridgehead atoms. The number of hydrogen-bond acceptors (Lipinski definition) is 4. The second kappa shape index (κ2) is 4.83. The van der Waals surface area contributed by atoms with Crippen LogP contribution in [0.5, 0.6) is 0 Å². The van der Waals surface area contributed by atoms with Crippen molar-refractivity contribution in [1.29, 1.82) is 0 Å². The topological polar surface area (TPSA) is 87.8 Å². The monoisotopic (exact) mass is 290 g/mol. The predicted octanol–water partition coefficient (Wildman–Crippen LogP) is 1.28. The van der Waals surface area contributed by atoms with Gasteiger partial charge in [-0.15, -0.1) is 0 Å². The molecule has 0 radical (unpaired) electrons. The maximum absolute atomic E-state index is 12.5. The van der Waals surface area contributed by atoms with Gasteiger partial charge in [-0.2, -0.15) is 5.10 Å². The molecule has 0 saturated carbocycles. The Labute approximate surface area is 122 Å². The van der Waals surface area contributed by atoms with Gasteiger partial charge in [0.25, 0.3) is 5.91 Å². The lowest BCUT2D eigenvalue weighted by atomic mass is 10.0. The van der Waals surface area contributed by atoms with Gasteiger partial charge in [0.05, 0.1) is 17.0 Å². The number of aliphatic carboxylic acids is 1. The Balaban J connectivity index is 2.49. The van der Waals surface area contributed by atoms with Gasteiger partial charge in [0.15, 0.2) is 5.65 Å². The van der Waals surface area contributed by atoms with E-state index in [0.29, 0.717) is 16.9 Å². The Morgan fingerprint density at radius 2 is 1.95 bits per heavy atom. The minimum atomic E-state index is -1.31. The van der Waals surface area contributed by atoms with E-state index in [2.05, 4.69) is 10.1 Å². The highest BCUT2D eigenvalue weighted by Crippen LogP contribution is 2.18. The van der Waals surface area contributed by atoms with Gasteiger partial charge < -0.3 is 10.0 Å². The zero-order valence-corrected chi connectivity index (χ0v) is 12.7. The summed E-state index contributed by atoms with van der Waals surface area (Å²) in [7, 11) is 1.47. The van der Waals surface area contributed by atoms with Crippen LogP contribution >= 0.6 is 0 Å². The maximum atomic E-state index is 12.5. The Morgan fingerprint density at radius 1 is 1.33 bits per heavy atom. The first-order valence-corrected chi connectivity index (χ1v) is 6.49. The number of likely N-dealkylation sites (N-methyl/N-ethyl adjacent to an activating group) is 1. The summed E-state index contributed by atoms with van der Waals surface area (Å²) in [5, 5.41) is 13.5. The molecular formula is C14H18N4O3. The molecule has 2 heterocycles. The number of carbonyl (C=O) groups is 2. The summed E-state index contributed by atoms with van der Waals surface area (Å²) in [4.78, 5) is 29.2. The van der Waals surface area contributed by atoms with Crippen molar-refractivity contribution in [2.45, 2.75) is 33.2 Å². The Hall–Kier alpha value is -2.44. The lowest BCUT2D eigenvalue weighted by molar-refractivity contribution is -0.147. The number of nitrogens with zero attached hydrogens (tertiary/aromatic N) is 4. The molecule has 7 heteroatoms. The molecule has 0 saturated heterocycles.